The van der Waals surface area contributed by atoms with Gasteiger partial charge in [0, 0.05) is 22.2 Å². The van der Waals surface area contributed by atoms with E-state index >= 15 is 0 Å². The Bertz CT molecular complexity index is 916. The van der Waals surface area contributed by atoms with Crippen molar-refractivity contribution >= 4 is 39.6 Å². The maximum atomic E-state index is 12.0. The second kappa shape index (κ2) is 7.23. The van der Waals surface area contributed by atoms with Gasteiger partial charge in [-0.1, -0.05) is 46.3 Å². The number of allylic oxidation sites excluding steroid dienone is 2. The molecular weight excluding hydrogens is 388 g/mol. The molecule has 0 radical (unpaired) electrons. The van der Waals surface area contributed by atoms with E-state index in [1.54, 1.807) is 6.08 Å². The average Bonchev–Trinajstić information content (AvgIpc) is 2.96. The third-order valence-electron chi connectivity index (χ3n) is 3.32. The summed E-state index contributed by atoms with van der Waals surface area (Å²) < 4.78 is 5.80. The monoisotopic (exact) mass is 398 g/mol. The highest BCUT2D eigenvalue weighted by Crippen LogP contribution is 2.22. The first-order valence-corrected chi connectivity index (χ1v) is 8.02. The maximum absolute atomic E-state index is 12.0. The molecule has 1 aliphatic rings. The van der Waals surface area contributed by atoms with Gasteiger partial charge in [0.05, 0.1) is 4.92 Å². The number of hydrogen-bond acceptors (Lipinski definition) is 5. The third kappa shape index (κ3) is 4.07. The quantitative estimate of drug-likeness (QED) is 0.334. The zero-order chi connectivity index (χ0) is 17.8. The van der Waals surface area contributed by atoms with Crippen LogP contribution in [0, 0.1) is 10.1 Å². The van der Waals surface area contributed by atoms with Crippen LogP contribution in [-0.2, 0) is 9.53 Å². The molecule has 0 N–H and O–H groups in total. The number of halogens is 1. The van der Waals surface area contributed by atoms with Gasteiger partial charge in [-0.05, 0) is 29.8 Å². The van der Waals surface area contributed by atoms with Gasteiger partial charge in [-0.25, -0.2) is 9.79 Å². The van der Waals surface area contributed by atoms with Crippen LogP contribution >= 0.6 is 15.9 Å². The fourth-order valence-corrected chi connectivity index (χ4v) is 2.62. The van der Waals surface area contributed by atoms with Crippen molar-refractivity contribution in [1.82, 2.24) is 0 Å². The number of carbonyl (C=O) groups is 1. The molecule has 7 heteroatoms. The van der Waals surface area contributed by atoms with Crippen molar-refractivity contribution in [2.75, 3.05) is 0 Å². The van der Waals surface area contributed by atoms with Gasteiger partial charge in [0.25, 0.3) is 5.69 Å². The predicted octanol–water partition coefficient (Wildman–Crippen LogP) is 4.22. The third-order valence-corrected chi connectivity index (χ3v) is 3.78. The molecule has 0 aliphatic carbocycles. The second-order valence-corrected chi connectivity index (χ2v) is 6.00. The smallest absolute Gasteiger partial charge is 0.363 e. The fraction of sp³-hybridized carbons (Fsp3) is 0. The summed E-state index contributed by atoms with van der Waals surface area (Å²) in [5, 5.41) is 10.7. The van der Waals surface area contributed by atoms with Gasteiger partial charge in [0.2, 0.25) is 5.90 Å². The summed E-state index contributed by atoms with van der Waals surface area (Å²) in [5.41, 5.74) is 1.56. The first-order valence-electron chi connectivity index (χ1n) is 7.22. The molecule has 6 nitrogen and oxygen atoms in total. The van der Waals surface area contributed by atoms with E-state index in [1.807, 2.05) is 36.4 Å². The molecule has 2 aromatic rings. The Balaban J connectivity index is 1.84. The number of non-ortho nitro benzene ring substituents is 1. The normalized spacial score (nSPS) is 15.9. The molecule has 1 heterocycles. The maximum Gasteiger partial charge on any atom is 0.363 e. The fourth-order valence-electron chi connectivity index (χ4n) is 2.14. The lowest BCUT2D eigenvalue weighted by Gasteiger charge is -1.98. The van der Waals surface area contributed by atoms with Gasteiger partial charge in [-0.2, -0.15) is 0 Å². The van der Waals surface area contributed by atoms with Gasteiger partial charge in [0.1, 0.15) is 0 Å². The van der Waals surface area contributed by atoms with Gasteiger partial charge in [-0.3, -0.25) is 10.1 Å². The van der Waals surface area contributed by atoms with E-state index in [0.717, 1.165) is 5.56 Å². The van der Waals surface area contributed by atoms with E-state index in [1.165, 1.54) is 24.3 Å². The number of cyclic esters (lactones) is 1. The molecule has 0 bridgehead atoms. The van der Waals surface area contributed by atoms with E-state index in [-0.39, 0.29) is 17.3 Å². The number of benzene rings is 2. The van der Waals surface area contributed by atoms with Crippen molar-refractivity contribution in [3.63, 3.8) is 0 Å². The molecule has 0 amide bonds. The van der Waals surface area contributed by atoms with Gasteiger partial charge in [-0.15, -0.1) is 0 Å². The molecule has 3 rings (SSSR count). The SMILES string of the molecule is O=C1OC(c2ccc([N+](=O)[O-])cc2)=NC1=CC(Br)=Cc1ccccc1. The molecule has 0 spiro atoms. The van der Waals surface area contributed by atoms with Crippen LogP contribution in [0.1, 0.15) is 11.1 Å². The van der Waals surface area contributed by atoms with Crippen molar-refractivity contribution in [3.05, 3.63) is 92.1 Å². The molecule has 0 aromatic heterocycles. The largest absolute Gasteiger partial charge is 0.402 e. The minimum Gasteiger partial charge on any atom is -0.402 e. The number of rotatable bonds is 4. The van der Waals surface area contributed by atoms with Crippen LogP contribution in [0.3, 0.4) is 0 Å². The number of ether oxygens (including phenoxy) is 1. The van der Waals surface area contributed by atoms with Crippen LogP contribution in [0.5, 0.6) is 0 Å². The Hall–Kier alpha value is -3.06. The topological polar surface area (TPSA) is 81.8 Å². The number of hydrogen-bond donors (Lipinski definition) is 0. The van der Waals surface area contributed by atoms with Crippen molar-refractivity contribution in [2.24, 2.45) is 4.99 Å². The van der Waals surface area contributed by atoms with E-state index < -0.39 is 10.9 Å². The number of nitrogens with zero attached hydrogens (tertiary/aromatic N) is 2. The molecule has 0 saturated carbocycles. The van der Waals surface area contributed by atoms with Crippen LogP contribution in [0.2, 0.25) is 0 Å². The minimum absolute atomic E-state index is 0.0435. The number of carbonyl (C=O) groups excluding carboxylic acids is 1. The molecule has 2 aromatic carbocycles. The Morgan fingerprint density at radius 1 is 1.12 bits per heavy atom. The number of nitro groups is 1. The van der Waals surface area contributed by atoms with Crippen LogP contribution in [0.25, 0.3) is 6.08 Å². The first kappa shape index (κ1) is 16.8. The first-order chi connectivity index (χ1) is 12.0. The molecule has 1 aliphatic heterocycles. The summed E-state index contributed by atoms with van der Waals surface area (Å²) in [4.78, 5) is 26.3. The Morgan fingerprint density at radius 3 is 2.44 bits per heavy atom. The molecule has 124 valence electrons. The predicted molar refractivity (Wildman–Crippen MR) is 97.2 cm³/mol. The van der Waals surface area contributed by atoms with Gasteiger partial charge >= 0.3 is 5.97 Å². The van der Waals surface area contributed by atoms with E-state index in [9.17, 15) is 14.9 Å². The molecule has 0 saturated heterocycles. The lowest BCUT2D eigenvalue weighted by atomic mass is 10.2. The summed E-state index contributed by atoms with van der Waals surface area (Å²) in [6.45, 7) is 0. The Morgan fingerprint density at radius 2 is 1.80 bits per heavy atom. The summed E-state index contributed by atoms with van der Waals surface area (Å²) >= 11 is 3.39. The van der Waals surface area contributed by atoms with E-state index in [2.05, 4.69) is 20.9 Å². The highest BCUT2D eigenvalue weighted by atomic mass is 79.9. The molecule has 0 atom stereocenters. The minimum atomic E-state index is -0.577. The molecule has 25 heavy (non-hydrogen) atoms. The highest BCUT2D eigenvalue weighted by Gasteiger charge is 2.24. The van der Waals surface area contributed by atoms with Gasteiger partial charge < -0.3 is 4.74 Å². The number of aliphatic imine (C=N–C) groups is 1. The van der Waals surface area contributed by atoms with Crippen LogP contribution in [-0.4, -0.2) is 16.8 Å². The zero-order valence-corrected chi connectivity index (χ0v) is 14.3. The average molecular weight is 399 g/mol. The Labute approximate surface area is 151 Å². The number of esters is 1. The van der Waals surface area contributed by atoms with Crippen LogP contribution < -0.4 is 0 Å². The molecule has 0 unspecified atom stereocenters. The van der Waals surface area contributed by atoms with E-state index in [0.29, 0.717) is 10.0 Å². The lowest BCUT2D eigenvalue weighted by Crippen LogP contribution is -2.05. The van der Waals surface area contributed by atoms with Crippen molar-refractivity contribution < 1.29 is 14.5 Å². The standard InChI is InChI=1S/C18H11BrN2O4/c19-14(10-12-4-2-1-3-5-12)11-16-18(22)25-17(20-16)13-6-8-15(9-7-13)21(23)24/h1-11H. The van der Waals surface area contributed by atoms with Crippen molar-refractivity contribution in [1.29, 1.82) is 0 Å². The van der Waals surface area contributed by atoms with Crippen molar-refractivity contribution in [2.45, 2.75) is 0 Å². The number of nitro benzene ring substituents is 1. The molecular formula is C18H11BrN2O4. The van der Waals surface area contributed by atoms with Crippen LogP contribution in [0.15, 0.2) is 75.8 Å². The summed E-state index contributed by atoms with van der Waals surface area (Å²) in [6, 6.07) is 15.2. The highest BCUT2D eigenvalue weighted by molar-refractivity contribution is 9.12. The molecule has 0 fully saturated rings. The summed E-state index contributed by atoms with van der Waals surface area (Å²) in [5.74, 6) is -0.460. The summed E-state index contributed by atoms with van der Waals surface area (Å²) in [6.07, 6.45) is 3.41. The second-order valence-electron chi connectivity index (χ2n) is 5.08. The zero-order valence-electron chi connectivity index (χ0n) is 12.8. The van der Waals surface area contributed by atoms with Crippen molar-refractivity contribution in [3.8, 4) is 0 Å². The Kier molecular flexibility index (Phi) is 4.85. The summed E-state index contributed by atoms with van der Waals surface area (Å²) in [7, 11) is 0. The lowest BCUT2D eigenvalue weighted by molar-refractivity contribution is -0.384. The van der Waals surface area contributed by atoms with Crippen LogP contribution in [0.4, 0.5) is 5.69 Å². The van der Waals surface area contributed by atoms with Gasteiger partial charge in [0.15, 0.2) is 5.70 Å². The van der Waals surface area contributed by atoms with E-state index in [4.69, 9.17) is 4.74 Å².